The summed E-state index contributed by atoms with van der Waals surface area (Å²) in [5, 5.41) is 3.34. The molecular formula is C19H28N2O. The lowest BCUT2D eigenvalue weighted by Crippen LogP contribution is -2.47. The normalized spacial score (nSPS) is 25.4. The van der Waals surface area contributed by atoms with Crippen LogP contribution >= 0.6 is 0 Å². The standard InChI is InChI=1S/C19H28N2O/c22-19(18-12-5-13-20-18)21-14-6-11-17(15-21)10-4-9-16-7-2-1-3-8-16/h1-3,7-8,17-18,20H,4-6,9-15H2. The van der Waals surface area contributed by atoms with Crippen LogP contribution in [0.25, 0.3) is 0 Å². The average Bonchev–Trinajstić information content (AvgIpc) is 3.10. The second-order valence-electron chi connectivity index (χ2n) is 6.82. The van der Waals surface area contributed by atoms with Crippen molar-refractivity contribution in [3.63, 3.8) is 0 Å². The fraction of sp³-hybridized carbons (Fsp3) is 0.632. The Balaban J connectivity index is 1.43. The van der Waals surface area contributed by atoms with Crippen molar-refractivity contribution in [2.75, 3.05) is 19.6 Å². The van der Waals surface area contributed by atoms with Crippen molar-refractivity contribution in [3.05, 3.63) is 35.9 Å². The number of nitrogens with zero attached hydrogens (tertiary/aromatic N) is 1. The Morgan fingerprint density at radius 3 is 2.82 bits per heavy atom. The van der Waals surface area contributed by atoms with E-state index in [1.54, 1.807) is 0 Å². The van der Waals surface area contributed by atoms with Gasteiger partial charge >= 0.3 is 0 Å². The number of rotatable bonds is 5. The summed E-state index contributed by atoms with van der Waals surface area (Å²) >= 11 is 0. The van der Waals surface area contributed by atoms with Gasteiger partial charge in [0.2, 0.25) is 5.91 Å². The summed E-state index contributed by atoms with van der Waals surface area (Å²) in [6, 6.07) is 10.8. The van der Waals surface area contributed by atoms with Crippen LogP contribution in [0.2, 0.25) is 0 Å². The van der Waals surface area contributed by atoms with Crippen LogP contribution in [-0.4, -0.2) is 36.5 Å². The van der Waals surface area contributed by atoms with Crippen molar-refractivity contribution in [3.8, 4) is 0 Å². The third kappa shape index (κ3) is 4.10. The monoisotopic (exact) mass is 300 g/mol. The van der Waals surface area contributed by atoms with Crippen LogP contribution in [0.4, 0.5) is 0 Å². The average molecular weight is 300 g/mol. The minimum Gasteiger partial charge on any atom is -0.341 e. The van der Waals surface area contributed by atoms with Gasteiger partial charge in [0.15, 0.2) is 0 Å². The van der Waals surface area contributed by atoms with Crippen LogP contribution < -0.4 is 5.32 Å². The molecule has 3 rings (SSSR count). The predicted octanol–water partition coefficient (Wildman–Crippen LogP) is 3.00. The topological polar surface area (TPSA) is 32.3 Å². The molecule has 2 fully saturated rings. The van der Waals surface area contributed by atoms with Gasteiger partial charge < -0.3 is 10.2 Å². The molecule has 2 aliphatic heterocycles. The van der Waals surface area contributed by atoms with Gasteiger partial charge in [-0.25, -0.2) is 0 Å². The Morgan fingerprint density at radius 2 is 2.05 bits per heavy atom. The summed E-state index contributed by atoms with van der Waals surface area (Å²) in [5.74, 6) is 1.05. The molecule has 0 spiro atoms. The minimum atomic E-state index is 0.100. The molecular weight excluding hydrogens is 272 g/mol. The lowest BCUT2D eigenvalue weighted by molar-refractivity contribution is -0.134. The van der Waals surface area contributed by atoms with Crippen molar-refractivity contribution >= 4 is 5.91 Å². The van der Waals surface area contributed by atoms with Crippen LogP contribution in [0.3, 0.4) is 0 Å². The molecule has 120 valence electrons. The highest BCUT2D eigenvalue weighted by molar-refractivity contribution is 5.82. The van der Waals surface area contributed by atoms with E-state index < -0.39 is 0 Å². The Hall–Kier alpha value is -1.35. The van der Waals surface area contributed by atoms with E-state index in [9.17, 15) is 4.79 Å². The maximum atomic E-state index is 12.5. The quantitative estimate of drug-likeness (QED) is 0.906. The zero-order valence-corrected chi connectivity index (χ0v) is 13.5. The smallest absolute Gasteiger partial charge is 0.239 e. The van der Waals surface area contributed by atoms with Crippen molar-refractivity contribution in [1.82, 2.24) is 10.2 Å². The number of carbonyl (C=O) groups is 1. The Labute approximate surface area is 134 Å². The van der Waals surface area contributed by atoms with E-state index in [0.29, 0.717) is 11.8 Å². The maximum Gasteiger partial charge on any atom is 0.239 e. The number of aryl methyl sites for hydroxylation is 1. The fourth-order valence-electron chi connectivity index (χ4n) is 3.86. The zero-order chi connectivity index (χ0) is 15.2. The molecule has 2 atom stereocenters. The highest BCUT2D eigenvalue weighted by Gasteiger charge is 2.30. The van der Waals surface area contributed by atoms with Crippen LogP contribution in [0.1, 0.15) is 44.1 Å². The SMILES string of the molecule is O=C(C1CCCN1)N1CCCC(CCCc2ccccc2)C1. The third-order valence-electron chi connectivity index (χ3n) is 5.11. The first-order valence-corrected chi connectivity index (χ1v) is 8.89. The van der Waals surface area contributed by atoms with E-state index in [1.807, 2.05) is 0 Å². The number of piperidine rings is 1. The first-order valence-electron chi connectivity index (χ1n) is 8.89. The second kappa shape index (κ2) is 7.77. The first kappa shape index (κ1) is 15.5. The molecule has 0 aromatic heterocycles. The number of hydrogen-bond acceptors (Lipinski definition) is 2. The van der Waals surface area contributed by atoms with E-state index in [4.69, 9.17) is 0 Å². The van der Waals surface area contributed by atoms with Crippen molar-refractivity contribution in [2.45, 2.75) is 51.0 Å². The van der Waals surface area contributed by atoms with Gasteiger partial charge in [-0.15, -0.1) is 0 Å². The molecule has 2 saturated heterocycles. The Bertz CT molecular complexity index is 468. The van der Waals surface area contributed by atoms with E-state index >= 15 is 0 Å². The van der Waals surface area contributed by atoms with Crippen molar-refractivity contribution in [1.29, 1.82) is 0 Å². The number of amides is 1. The van der Waals surface area contributed by atoms with Gasteiger partial charge in [0.25, 0.3) is 0 Å². The van der Waals surface area contributed by atoms with E-state index in [2.05, 4.69) is 40.5 Å². The number of nitrogens with one attached hydrogen (secondary N) is 1. The molecule has 0 saturated carbocycles. The van der Waals surface area contributed by atoms with Crippen molar-refractivity contribution < 1.29 is 4.79 Å². The van der Waals surface area contributed by atoms with E-state index in [0.717, 1.165) is 38.9 Å². The number of likely N-dealkylation sites (tertiary alicyclic amines) is 1. The number of benzene rings is 1. The molecule has 1 aromatic carbocycles. The summed E-state index contributed by atoms with van der Waals surface area (Å²) in [5.41, 5.74) is 1.43. The zero-order valence-electron chi connectivity index (χ0n) is 13.5. The summed E-state index contributed by atoms with van der Waals surface area (Å²) in [6.45, 7) is 2.95. The lowest BCUT2D eigenvalue weighted by atomic mass is 9.91. The van der Waals surface area contributed by atoms with Crippen LogP contribution in [-0.2, 0) is 11.2 Å². The fourth-order valence-corrected chi connectivity index (χ4v) is 3.86. The van der Waals surface area contributed by atoms with Gasteiger partial charge in [-0.2, -0.15) is 0 Å². The molecule has 3 heteroatoms. The molecule has 0 bridgehead atoms. The van der Waals surface area contributed by atoms with Crippen LogP contribution in [0, 0.1) is 5.92 Å². The second-order valence-corrected chi connectivity index (χ2v) is 6.82. The molecule has 2 heterocycles. The van der Waals surface area contributed by atoms with Gasteiger partial charge in [0.05, 0.1) is 6.04 Å². The van der Waals surface area contributed by atoms with Crippen LogP contribution in [0.5, 0.6) is 0 Å². The summed E-state index contributed by atoms with van der Waals surface area (Å²) in [6.07, 6.45) is 8.27. The summed E-state index contributed by atoms with van der Waals surface area (Å²) in [4.78, 5) is 14.6. The molecule has 22 heavy (non-hydrogen) atoms. The highest BCUT2D eigenvalue weighted by Crippen LogP contribution is 2.23. The third-order valence-corrected chi connectivity index (χ3v) is 5.11. The predicted molar refractivity (Wildman–Crippen MR) is 89.7 cm³/mol. The van der Waals surface area contributed by atoms with Gasteiger partial charge in [-0.1, -0.05) is 30.3 Å². The van der Waals surface area contributed by atoms with Crippen LogP contribution in [0.15, 0.2) is 30.3 Å². The number of carbonyl (C=O) groups excluding carboxylic acids is 1. The number of hydrogen-bond donors (Lipinski definition) is 1. The summed E-state index contributed by atoms with van der Waals surface area (Å²) < 4.78 is 0. The molecule has 0 aliphatic carbocycles. The summed E-state index contributed by atoms with van der Waals surface area (Å²) in [7, 11) is 0. The molecule has 1 N–H and O–H groups in total. The van der Waals surface area contributed by atoms with Gasteiger partial charge in [0, 0.05) is 13.1 Å². The molecule has 1 amide bonds. The largest absolute Gasteiger partial charge is 0.341 e. The highest BCUT2D eigenvalue weighted by atomic mass is 16.2. The molecule has 0 radical (unpaired) electrons. The molecule has 2 aliphatic rings. The Morgan fingerprint density at radius 1 is 1.18 bits per heavy atom. The minimum absolute atomic E-state index is 0.100. The first-order chi connectivity index (χ1) is 10.8. The molecule has 3 nitrogen and oxygen atoms in total. The van der Waals surface area contributed by atoms with Gasteiger partial charge in [0.1, 0.15) is 0 Å². The molecule has 1 aromatic rings. The Kier molecular flexibility index (Phi) is 5.49. The van der Waals surface area contributed by atoms with Gasteiger partial charge in [-0.3, -0.25) is 4.79 Å². The maximum absolute atomic E-state index is 12.5. The van der Waals surface area contributed by atoms with Gasteiger partial charge in [-0.05, 0) is 63.0 Å². The van der Waals surface area contributed by atoms with E-state index in [1.165, 1.54) is 31.2 Å². The lowest BCUT2D eigenvalue weighted by Gasteiger charge is -2.34. The van der Waals surface area contributed by atoms with E-state index in [-0.39, 0.29) is 6.04 Å². The molecule has 2 unspecified atom stereocenters. The van der Waals surface area contributed by atoms with Crippen molar-refractivity contribution in [2.24, 2.45) is 5.92 Å².